The van der Waals surface area contributed by atoms with Crippen molar-refractivity contribution in [3.8, 4) is 0 Å². The number of carboxylic acids is 1. The molecular formula is C16H20N6O7S3. The molecular weight excluding hydrogens is 484 g/mol. The lowest BCUT2D eigenvalue weighted by molar-refractivity contribution is -0.192. The average molecular weight is 505 g/mol. The molecule has 2 aliphatic rings. The van der Waals surface area contributed by atoms with Gasteiger partial charge in [0.25, 0.3) is 11.6 Å². The van der Waals surface area contributed by atoms with Crippen molar-refractivity contribution >= 4 is 59.0 Å². The van der Waals surface area contributed by atoms with Crippen LogP contribution in [0.25, 0.3) is 0 Å². The lowest BCUT2D eigenvalue weighted by Gasteiger charge is -2.55. The van der Waals surface area contributed by atoms with E-state index in [-0.39, 0.29) is 23.0 Å². The first kappa shape index (κ1) is 24.3. The summed E-state index contributed by atoms with van der Waals surface area (Å²) in [6.07, 6.45) is 0. The van der Waals surface area contributed by atoms with Gasteiger partial charge < -0.3 is 19.9 Å². The Balaban J connectivity index is 1.72. The smallest absolute Gasteiger partial charge is 0.352 e. The van der Waals surface area contributed by atoms with Gasteiger partial charge in [0, 0.05) is 25.7 Å². The third kappa shape index (κ3) is 4.57. The highest BCUT2D eigenvalue weighted by molar-refractivity contribution is 8.01. The minimum absolute atomic E-state index is 0.0177. The lowest BCUT2D eigenvalue weighted by Crippen LogP contribution is -2.80. The first-order valence-electron chi connectivity index (χ1n) is 9.01. The van der Waals surface area contributed by atoms with Crippen LogP contribution in [0, 0.1) is 0 Å². The van der Waals surface area contributed by atoms with E-state index in [4.69, 9.17) is 4.74 Å². The van der Waals surface area contributed by atoms with Crippen molar-refractivity contribution in [2.45, 2.75) is 16.3 Å². The fourth-order valence-corrected chi connectivity index (χ4v) is 6.15. The number of ether oxygens (including phenoxy) is 2. The summed E-state index contributed by atoms with van der Waals surface area (Å²) < 4.78 is 11.4. The molecule has 0 spiro atoms. The number of fused-ring (bicyclic) bond motifs is 1. The summed E-state index contributed by atoms with van der Waals surface area (Å²) in [5.74, 6) is -2.45. The number of hydrogen-bond acceptors (Lipinski definition) is 12. The molecule has 0 aliphatic carbocycles. The Hall–Kier alpha value is -2.30. The van der Waals surface area contributed by atoms with Crippen LogP contribution < -0.4 is 5.32 Å². The quantitative estimate of drug-likeness (QED) is 0.171. The predicted octanol–water partition coefficient (Wildman–Crippen LogP) is -1.08. The molecule has 13 nitrogen and oxygen atoms in total. The second-order valence-corrected chi connectivity index (χ2v) is 9.52. The van der Waals surface area contributed by atoms with Gasteiger partial charge in [-0.2, -0.15) is 0 Å². The van der Waals surface area contributed by atoms with Gasteiger partial charge in [0.2, 0.25) is 11.1 Å². The topological polar surface area (TPSA) is 166 Å². The van der Waals surface area contributed by atoms with Crippen LogP contribution in [0.3, 0.4) is 0 Å². The van der Waals surface area contributed by atoms with E-state index in [9.17, 15) is 24.3 Å². The van der Waals surface area contributed by atoms with Crippen molar-refractivity contribution in [3.63, 3.8) is 0 Å². The van der Waals surface area contributed by atoms with Crippen molar-refractivity contribution < 1.29 is 33.8 Å². The van der Waals surface area contributed by atoms with Gasteiger partial charge in [-0.15, -0.1) is 28.6 Å². The number of aliphatic carboxylic acids is 1. The standard InChI is InChI=1S/C16H20N6O7S3/c1-21-15(18-19-20-21)32-5-8-4-31-14-16(29-3,13(27)22(14)11(8)12(25)26)17-9(23)6-30-7-10(24)28-2/h14H,4-7H2,1-3H3,(H,17,23)(H,25,26)/t14-,16+/m1/s1. The Kier molecular flexibility index (Phi) is 7.68. The second kappa shape index (κ2) is 10.1. The number of rotatable bonds is 10. The van der Waals surface area contributed by atoms with E-state index in [1.807, 2.05) is 0 Å². The summed E-state index contributed by atoms with van der Waals surface area (Å²) >= 11 is 3.56. The Morgan fingerprint density at radius 3 is 2.69 bits per heavy atom. The molecule has 0 bridgehead atoms. The van der Waals surface area contributed by atoms with E-state index in [0.29, 0.717) is 16.5 Å². The van der Waals surface area contributed by atoms with E-state index in [0.717, 1.165) is 16.7 Å². The second-order valence-electron chi connectivity index (χ2n) is 6.53. The first-order valence-corrected chi connectivity index (χ1v) is 12.2. The molecule has 1 aromatic rings. The van der Waals surface area contributed by atoms with Crippen molar-refractivity contribution in [3.05, 3.63) is 11.3 Å². The van der Waals surface area contributed by atoms with Crippen LogP contribution in [0.15, 0.2) is 16.4 Å². The molecule has 0 saturated carbocycles. The number of aromatic nitrogens is 4. The van der Waals surface area contributed by atoms with Gasteiger partial charge in [-0.25, -0.2) is 9.48 Å². The molecule has 0 radical (unpaired) electrons. The fourth-order valence-electron chi connectivity index (χ4n) is 3.08. The van der Waals surface area contributed by atoms with Gasteiger partial charge in [0.05, 0.1) is 18.6 Å². The van der Waals surface area contributed by atoms with Crippen molar-refractivity contribution in [2.24, 2.45) is 7.05 Å². The summed E-state index contributed by atoms with van der Waals surface area (Å²) in [6, 6.07) is 0. The van der Waals surface area contributed by atoms with Gasteiger partial charge in [-0.3, -0.25) is 19.3 Å². The molecule has 2 N–H and O–H groups in total. The van der Waals surface area contributed by atoms with Crippen LogP contribution in [-0.2, 0) is 35.7 Å². The van der Waals surface area contributed by atoms with E-state index in [1.54, 1.807) is 7.05 Å². The Morgan fingerprint density at radius 1 is 1.34 bits per heavy atom. The number of amides is 2. The number of hydrogen-bond donors (Lipinski definition) is 2. The highest BCUT2D eigenvalue weighted by atomic mass is 32.2. The number of carboxylic acid groups (broad SMARTS) is 1. The first-order chi connectivity index (χ1) is 15.2. The average Bonchev–Trinajstić information content (AvgIpc) is 3.19. The normalized spacial score (nSPS) is 22.3. The lowest BCUT2D eigenvalue weighted by atomic mass is 9.98. The maximum atomic E-state index is 13.0. The number of nitrogens with zero attached hydrogens (tertiary/aromatic N) is 5. The number of carbonyl (C=O) groups excluding carboxylic acids is 3. The summed E-state index contributed by atoms with van der Waals surface area (Å²) in [5.41, 5.74) is -1.28. The van der Waals surface area contributed by atoms with Gasteiger partial charge >= 0.3 is 11.9 Å². The van der Waals surface area contributed by atoms with Crippen LogP contribution in [-0.4, -0.2) is 102 Å². The number of tetrazole rings is 1. The highest BCUT2D eigenvalue weighted by Gasteiger charge is 2.66. The number of esters is 1. The van der Waals surface area contributed by atoms with Crippen LogP contribution >= 0.6 is 35.3 Å². The third-order valence-corrected chi connectivity index (χ3v) is 7.97. The minimum Gasteiger partial charge on any atom is -0.477 e. The van der Waals surface area contributed by atoms with Crippen molar-refractivity contribution in [2.75, 3.05) is 37.2 Å². The van der Waals surface area contributed by atoms with Gasteiger partial charge in [-0.05, 0) is 16.0 Å². The zero-order valence-electron chi connectivity index (χ0n) is 17.3. The number of carbonyl (C=O) groups is 4. The Bertz CT molecular complexity index is 970. The minimum atomic E-state index is -1.68. The van der Waals surface area contributed by atoms with Crippen LogP contribution in [0.5, 0.6) is 0 Å². The zero-order valence-corrected chi connectivity index (χ0v) is 19.7. The van der Waals surface area contributed by atoms with Gasteiger partial charge in [-0.1, -0.05) is 11.8 Å². The number of β-lactam (4-membered cyclic amide) rings is 1. The van der Waals surface area contributed by atoms with Gasteiger partial charge in [0.15, 0.2) is 0 Å². The maximum absolute atomic E-state index is 13.0. The molecule has 174 valence electrons. The number of nitrogens with one attached hydrogen (secondary N) is 1. The summed E-state index contributed by atoms with van der Waals surface area (Å²) in [7, 11) is 4.18. The molecule has 2 atom stereocenters. The highest BCUT2D eigenvalue weighted by Crippen LogP contribution is 2.47. The Morgan fingerprint density at radius 2 is 2.09 bits per heavy atom. The number of methoxy groups -OCH3 is 2. The van der Waals surface area contributed by atoms with Crippen LogP contribution in [0.2, 0.25) is 0 Å². The molecule has 1 aromatic heterocycles. The molecule has 1 saturated heterocycles. The van der Waals surface area contributed by atoms with E-state index in [1.165, 1.54) is 42.4 Å². The SMILES string of the molecule is COC(=O)CSCC(=O)N[C@]1(OC)C(=O)N2C(C(=O)O)=C(CSc3nnnn3C)CS[C@@H]21. The zero-order chi connectivity index (χ0) is 23.5. The summed E-state index contributed by atoms with van der Waals surface area (Å²) in [5, 5.41) is 23.2. The number of thioether (sulfide) groups is 3. The predicted molar refractivity (Wildman–Crippen MR) is 114 cm³/mol. The molecule has 3 heterocycles. The van der Waals surface area contributed by atoms with E-state index < -0.39 is 34.9 Å². The van der Waals surface area contributed by atoms with E-state index >= 15 is 0 Å². The van der Waals surface area contributed by atoms with Gasteiger partial charge in [0.1, 0.15) is 11.1 Å². The maximum Gasteiger partial charge on any atom is 0.352 e. The molecule has 32 heavy (non-hydrogen) atoms. The van der Waals surface area contributed by atoms with Crippen molar-refractivity contribution in [1.29, 1.82) is 0 Å². The third-order valence-electron chi connectivity index (χ3n) is 4.60. The molecule has 1 fully saturated rings. The van der Waals surface area contributed by atoms with Crippen LogP contribution in [0.4, 0.5) is 0 Å². The van der Waals surface area contributed by atoms with Crippen LogP contribution in [0.1, 0.15) is 0 Å². The molecule has 2 amide bonds. The largest absolute Gasteiger partial charge is 0.477 e. The molecule has 0 aromatic carbocycles. The summed E-state index contributed by atoms with van der Waals surface area (Å²) in [6.45, 7) is 0. The molecule has 0 unspecified atom stereocenters. The summed E-state index contributed by atoms with van der Waals surface area (Å²) in [4.78, 5) is 49.7. The fraction of sp³-hybridized carbons (Fsp3) is 0.562. The molecule has 3 rings (SSSR count). The molecule has 2 aliphatic heterocycles. The monoisotopic (exact) mass is 504 g/mol. The molecule has 16 heteroatoms. The van der Waals surface area contributed by atoms with Crippen molar-refractivity contribution in [1.82, 2.24) is 30.4 Å². The number of aryl methyl sites for hydroxylation is 1. The Labute approximate surface area is 195 Å². The van der Waals surface area contributed by atoms with E-state index in [2.05, 4.69) is 25.6 Å².